The molecule has 0 spiro atoms. The first-order valence-corrected chi connectivity index (χ1v) is 8.84. The lowest BCUT2D eigenvalue weighted by atomic mass is 9.83. The Kier molecular flexibility index (Phi) is 5.10. The van der Waals surface area contributed by atoms with Crippen molar-refractivity contribution >= 4 is 23.4 Å². The van der Waals surface area contributed by atoms with E-state index in [1.54, 1.807) is 10.9 Å². The number of carbonyl (C=O) groups excluding carboxylic acids is 2. The summed E-state index contributed by atoms with van der Waals surface area (Å²) in [6.07, 6.45) is 3.91. The van der Waals surface area contributed by atoms with Crippen LogP contribution in [0, 0.1) is 12.8 Å². The number of amides is 2. The van der Waals surface area contributed by atoms with E-state index in [1.165, 1.54) is 0 Å². The maximum Gasteiger partial charge on any atom is 0.244 e. The summed E-state index contributed by atoms with van der Waals surface area (Å²) in [4.78, 5) is 28.5. The maximum absolute atomic E-state index is 12.6. The Labute approximate surface area is 146 Å². The number of rotatable bonds is 4. The Morgan fingerprint density at radius 3 is 2.92 bits per heavy atom. The highest BCUT2D eigenvalue weighted by molar-refractivity contribution is 6.31. The molecule has 0 aromatic carbocycles. The third-order valence-corrected chi connectivity index (χ3v) is 5.42. The first kappa shape index (κ1) is 17.2. The van der Waals surface area contributed by atoms with Crippen molar-refractivity contribution in [1.82, 2.24) is 19.6 Å². The summed E-state index contributed by atoms with van der Waals surface area (Å²) < 4.78 is 1.59. The highest BCUT2D eigenvalue weighted by Gasteiger charge is 2.39. The van der Waals surface area contributed by atoms with E-state index in [9.17, 15) is 9.59 Å². The van der Waals surface area contributed by atoms with Crippen LogP contribution < -0.4 is 5.73 Å². The average molecular weight is 354 g/mol. The predicted molar refractivity (Wildman–Crippen MR) is 90.5 cm³/mol. The molecular weight excluding hydrogens is 330 g/mol. The summed E-state index contributed by atoms with van der Waals surface area (Å²) in [5.41, 5.74) is 6.37. The van der Waals surface area contributed by atoms with Gasteiger partial charge in [-0.25, -0.2) is 0 Å². The number of aryl methyl sites for hydroxylation is 1. The zero-order valence-electron chi connectivity index (χ0n) is 13.9. The number of hydrogen-bond acceptors (Lipinski definition) is 4. The van der Waals surface area contributed by atoms with E-state index < -0.39 is 0 Å². The fourth-order valence-corrected chi connectivity index (χ4v) is 3.97. The van der Waals surface area contributed by atoms with Crippen LogP contribution in [0.5, 0.6) is 0 Å². The van der Waals surface area contributed by atoms with E-state index >= 15 is 0 Å². The third kappa shape index (κ3) is 3.42. The van der Waals surface area contributed by atoms with Gasteiger partial charge in [0.1, 0.15) is 6.54 Å². The molecule has 1 aromatic rings. The average Bonchev–Trinajstić information content (AvgIpc) is 2.87. The van der Waals surface area contributed by atoms with Crippen LogP contribution in [0.25, 0.3) is 0 Å². The number of halogens is 1. The van der Waals surface area contributed by atoms with Gasteiger partial charge in [0.2, 0.25) is 11.8 Å². The number of hydrogen-bond donors (Lipinski definition) is 1. The van der Waals surface area contributed by atoms with Crippen molar-refractivity contribution in [2.75, 3.05) is 26.2 Å². The van der Waals surface area contributed by atoms with Crippen molar-refractivity contribution in [3.63, 3.8) is 0 Å². The van der Waals surface area contributed by atoms with E-state index in [0.717, 1.165) is 18.5 Å². The topological polar surface area (TPSA) is 84.5 Å². The SMILES string of the molecule is Cc1nn(CC(=O)N2CC[C@@H]3[C@@H](CCC(=O)N3CCN)C2)cc1Cl. The first-order valence-electron chi connectivity index (χ1n) is 8.46. The minimum absolute atomic E-state index is 0.0508. The molecule has 8 heteroatoms. The van der Waals surface area contributed by atoms with Crippen molar-refractivity contribution in [3.8, 4) is 0 Å². The number of likely N-dealkylation sites (tertiary alicyclic amines) is 2. The number of piperidine rings is 2. The van der Waals surface area contributed by atoms with Crippen LogP contribution in [0.4, 0.5) is 0 Å². The maximum atomic E-state index is 12.6. The van der Waals surface area contributed by atoms with Crippen molar-refractivity contribution < 1.29 is 9.59 Å². The molecule has 0 unspecified atom stereocenters. The van der Waals surface area contributed by atoms with Gasteiger partial charge in [0.15, 0.2) is 0 Å². The molecule has 2 N–H and O–H groups in total. The van der Waals surface area contributed by atoms with Crippen LogP contribution in [-0.2, 0) is 16.1 Å². The van der Waals surface area contributed by atoms with Crippen molar-refractivity contribution in [3.05, 3.63) is 16.9 Å². The summed E-state index contributed by atoms with van der Waals surface area (Å²) in [7, 11) is 0. The molecule has 0 aliphatic carbocycles. The highest BCUT2D eigenvalue weighted by atomic mass is 35.5. The molecule has 2 saturated heterocycles. The van der Waals surface area contributed by atoms with E-state index in [2.05, 4.69) is 5.10 Å². The Balaban J connectivity index is 1.62. The zero-order valence-corrected chi connectivity index (χ0v) is 14.7. The van der Waals surface area contributed by atoms with Gasteiger partial charge in [0.25, 0.3) is 0 Å². The summed E-state index contributed by atoms with van der Waals surface area (Å²) >= 11 is 5.99. The second-order valence-electron chi connectivity index (χ2n) is 6.63. The van der Waals surface area contributed by atoms with Crippen LogP contribution in [0.1, 0.15) is 25.0 Å². The minimum atomic E-state index is 0.0508. The lowest BCUT2D eigenvalue weighted by molar-refractivity contribution is -0.144. The Morgan fingerprint density at radius 2 is 2.25 bits per heavy atom. The number of aromatic nitrogens is 2. The quantitative estimate of drug-likeness (QED) is 0.861. The molecule has 0 saturated carbocycles. The number of carbonyl (C=O) groups is 2. The lowest BCUT2D eigenvalue weighted by Crippen LogP contribution is -2.58. The molecule has 3 heterocycles. The second-order valence-corrected chi connectivity index (χ2v) is 7.04. The monoisotopic (exact) mass is 353 g/mol. The van der Waals surface area contributed by atoms with Crippen molar-refractivity contribution in [2.24, 2.45) is 11.7 Å². The molecule has 1 aromatic heterocycles. The standard InChI is InChI=1S/C16H24ClN5O2/c1-11-13(17)9-21(19-11)10-16(24)20-6-4-14-12(8-20)2-3-15(23)22(14)7-5-18/h9,12,14H,2-8,10,18H2,1H3/t12-,14+/m0/s1. The zero-order chi connectivity index (χ0) is 17.3. The molecule has 2 aliphatic heterocycles. The minimum Gasteiger partial charge on any atom is -0.341 e. The molecule has 0 radical (unpaired) electrons. The van der Waals surface area contributed by atoms with Gasteiger partial charge in [-0.3, -0.25) is 14.3 Å². The Hall–Kier alpha value is -1.60. The van der Waals surface area contributed by atoms with Gasteiger partial charge >= 0.3 is 0 Å². The van der Waals surface area contributed by atoms with Gasteiger partial charge in [-0.15, -0.1) is 0 Å². The normalized spacial score (nSPS) is 24.2. The van der Waals surface area contributed by atoms with Crippen molar-refractivity contribution in [2.45, 2.75) is 38.8 Å². The van der Waals surface area contributed by atoms with E-state index in [1.807, 2.05) is 16.7 Å². The molecule has 7 nitrogen and oxygen atoms in total. The summed E-state index contributed by atoms with van der Waals surface area (Å²) in [6, 6.07) is 0.222. The first-order chi connectivity index (χ1) is 11.5. The molecular formula is C16H24ClN5O2. The third-order valence-electron chi connectivity index (χ3n) is 5.05. The van der Waals surface area contributed by atoms with Gasteiger partial charge in [-0.05, 0) is 25.7 Å². The van der Waals surface area contributed by atoms with Gasteiger partial charge < -0.3 is 15.5 Å². The van der Waals surface area contributed by atoms with Crippen LogP contribution in [0.2, 0.25) is 5.02 Å². The lowest BCUT2D eigenvalue weighted by Gasteiger charge is -2.47. The summed E-state index contributed by atoms with van der Waals surface area (Å²) in [5, 5.41) is 4.82. The fraction of sp³-hybridized carbons (Fsp3) is 0.688. The van der Waals surface area contributed by atoms with E-state index in [0.29, 0.717) is 43.5 Å². The highest BCUT2D eigenvalue weighted by Crippen LogP contribution is 2.31. The van der Waals surface area contributed by atoms with Gasteiger partial charge in [-0.2, -0.15) is 5.10 Å². The summed E-state index contributed by atoms with van der Waals surface area (Å²) in [6.45, 7) is 4.49. The molecule has 0 bridgehead atoms. The molecule has 3 rings (SSSR count). The molecule has 132 valence electrons. The van der Waals surface area contributed by atoms with E-state index in [-0.39, 0.29) is 24.4 Å². The van der Waals surface area contributed by atoms with Crippen LogP contribution >= 0.6 is 11.6 Å². The van der Waals surface area contributed by atoms with Crippen LogP contribution in [0.3, 0.4) is 0 Å². The predicted octanol–water partition coefficient (Wildman–Crippen LogP) is 0.643. The van der Waals surface area contributed by atoms with Crippen LogP contribution in [-0.4, -0.2) is 63.6 Å². The number of nitrogens with zero attached hydrogens (tertiary/aromatic N) is 4. The van der Waals surface area contributed by atoms with Gasteiger partial charge in [0, 0.05) is 44.8 Å². The molecule has 24 heavy (non-hydrogen) atoms. The molecule has 2 atom stereocenters. The molecule has 2 aliphatic rings. The van der Waals surface area contributed by atoms with Crippen molar-refractivity contribution in [1.29, 1.82) is 0 Å². The van der Waals surface area contributed by atoms with E-state index in [4.69, 9.17) is 17.3 Å². The molecule has 2 fully saturated rings. The Morgan fingerprint density at radius 1 is 1.46 bits per heavy atom. The smallest absolute Gasteiger partial charge is 0.244 e. The largest absolute Gasteiger partial charge is 0.341 e. The summed E-state index contributed by atoms with van der Waals surface area (Å²) in [5.74, 6) is 0.591. The van der Waals surface area contributed by atoms with Gasteiger partial charge in [0.05, 0.1) is 10.7 Å². The molecule has 2 amide bonds. The van der Waals surface area contributed by atoms with Crippen LogP contribution in [0.15, 0.2) is 6.20 Å². The number of fused-ring (bicyclic) bond motifs is 1. The fourth-order valence-electron chi connectivity index (χ4n) is 3.82. The van der Waals surface area contributed by atoms with Gasteiger partial charge in [-0.1, -0.05) is 11.6 Å². The second kappa shape index (κ2) is 7.11. The number of nitrogens with two attached hydrogens (primary N) is 1. The Bertz CT molecular complexity index is 612.